The second-order valence-electron chi connectivity index (χ2n) is 5.37. The van der Waals surface area contributed by atoms with E-state index >= 15 is 0 Å². The Bertz CT molecular complexity index is 1050. The van der Waals surface area contributed by atoms with Crippen molar-refractivity contribution < 1.29 is 9.90 Å². The van der Waals surface area contributed by atoms with E-state index in [-0.39, 0.29) is 32.7 Å². The van der Waals surface area contributed by atoms with E-state index < -0.39 is 11.2 Å². The molecular formula is C17H13Cl2N3O3. The second-order valence-corrected chi connectivity index (χ2v) is 6.19. The van der Waals surface area contributed by atoms with E-state index in [2.05, 4.69) is 10.3 Å². The fourth-order valence-corrected chi connectivity index (χ4v) is 2.99. The molecule has 0 fully saturated rings. The maximum absolute atomic E-state index is 12.5. The van der Waals surface area contributed by atoms with E-state index in [0.717, 1.165) is 0 Å². The Morgan fingerprint density at radius 2 is 1.84 bits per heavy atom. The summed E-state index contributed by atoms with van der Waals surface area (Å²) in [5.41, 5.74) is 6.65. The highest BCUT2D eigenvalue weighted by Gasteiger charge is 2.16. The normalized spacial score (nSPS) is 10.8. The number of aromatic amines is 1. The highest BCUT2D eigenvalue weighted by molar-refractivity contribution is 6.39. The number of aromatic hydroxyl groups is 1. The fraction of sp³-hybridized carbons (Fsp3) is 0.0588. The van der Waals surface area contributed by atoms with Crippen molar-refractivity contribution in [1.82, 2.24) is 10.3 Å². The van der Waals surface area contributed by atoms with Crippen LogP contribution in [0.3, 0.4) is 0 Å². The van der Waals surface area contributed by atoms with Crippen LogP contribution in [0.25, 0.3) is 22.2 Å². The summed E-state index contributed by atoms with van der Waals surface area (Å²) >= 11 is 12.0. The van der Waals surface area contributed by atoms with Crippen LogP contribution in [0.5, 0.6) is 5.75 Å². The summed E-state index contributed by atoms with van der Waals surface area (Å²) < 4.78 is 0. The summed E-state index contributed by atoms with van der Waals surface area (Å²) in [4.78, 5) is 27.2. The number of pyridine rings is 1. The van der Waals surface area contributed by atoms with Crippen LogP contribution in [-0.4, -0.2) is 23.0 Å². The Morgan fingerprint density at radius 3 is 2.44 bits per heavy atom. The molecular weight excluding hydrogens is 365 g/mol. The molecule has 25 heavy (non-hydrogen) atoms. The number of aromatic nitrogens is 1. The Hall–Kier alpha value is -2.70. The van der Waals surface area contributed by atoms with Crippen LogP contribution in [0.4, 0.5) is 5.69 Å². The molecule has 6 nitrogen and oxygen atoms in total. The summed E-state index contributed by atoms with van der Waals surface area (Å²) in [6.45, 7) is 0. The van der Waals surface area contributed by atoms with Gasteiger partial charge in [-0.15, -0.1) is 0 Å². The van der Waals surface area contributed by atoms with Crippen molar-refractivity contribution in [3.63, 3.8) is 0 Å². The van der Waals surface area contributed by atoms with Gasteiger partial charge in [0.25, 0.3) is 5.91 Å². The molecule has 0 radical (unpaired) electrons. The minimum absolute atomic E-state index is 0.161. The number of hydrogen-bond acceptors (Lipinski definition) is 4. The number of carbonyl (C=O) groups is 1. The van der Waals surface area contributed by atoms with E-state index in [4.69, 9.17) is 28.9 Å². The predicted octanol–water partition coefficient (Wildman–Crippen LogP) is 3.15. The third-order valence-electron chi connectivity index (χ3n) is 3.83. The lowest BCUT2D eigenvalue weighted by Gasteiger charge is -2.10. The first-order valence-electron chi connectivity index (χ1n) is 7.19. The Balaban J connectivity index is 2.27. The molecule has 1 amide bonds. The van der Waals surface area contributed by atoms with Gasteiger partial charge in [0.1, 0.15) is 0 Å². The molecule has 0 unspecified atom stereocenters. The Kier molecular flexibility index (Phi) is 4.32. The number of rotatable bonds is 2. The predicted molar refractivity (Wildman–Crippen MR) is 99.5 cm³/mol. The maximum Gasteiger partial charge on any atom is 0.251 e. The zero-order chi connectivity index (χ0) is 18.3. The minimum Gasteiger partial charge on any atom is -0.503 e. The molecule has 1 aromatic heterocycles. The number of carbonyl (C=O) groups excluding carboxylic acids is 1. The molecule has 0 bridgehead atoms. The molecule has 0 aliphatic rings. The van der Waals surface area contributed by atoms with Gasteiger partial charge in [-0.2, -0.15) is 0 Å². The number of anilines is 1. The molecule has 0 aliphatic carbocycles. The SMILES string of the molecule is CNC(=O)c1ccc2[nH]c(-c3cc(Cl)c(N)c(Cl)c3)c(O)c(=O)c2c1. The average molecular weight is 378 g/mol. The summed E-state index contributed by atoms with van der Waals surface area (Å²) in [7, 11) is 1.49. The lowest BCUT2D eigenvalue weighted by Crippen LogP contribution is -2.18. The first kappa shape index (κ1) is 17.1. The van der Waals surface area contributed by atoms with Gasteiger partial charge in [-0.1, -0.05) is 23.2 Å². The molecule has 8 heteroatoms. The average Bonchev–Trinajstić information content (AvgIpc) is 2.61. The number of fused-ring (bicyclic) bond motifs is 1. The molecule has 128 valence electrons. The number of nitrogens with one attached hydrogen (secondary N) is 2. The first-order chi connectivity index (χ1) is 11.8. The van der Waals surface area contributed by atoms with Gasteiger partial charge in [-0.05, 0) is 30.3 Å². The van der Waals surface area contributed by atoms with Crippen LogP contribution < -0.4 is 16.5 Å². The van der Waals surface area contributed by atoms with Crippen LogP contribution in [0.15, 0.2) is 35.1 Å². The number of nitrogens with two attached hydrogens (primary N) is 1. The van der Waals surface area contributed by atoms with Gasteiger partial charge < -0.3 is 21.1 Å². The molecule has 0 saturated carbocycles. The number of nitrogen functional groups attached to an aromatic ring is 1. The largest absolute Gasteiger partial charge is 0.503 e. The van der Waals surface area contributed by atoms with Gasteiger partial charge in [0.05, 0.1) is 32.3 Å². The van der Waals surface area contributed by atoms with Crippen LogP contribution in [0.1, 0.15) is 10.4 Å². The number of hydrogen-bond donors (Lipinski definition) is 4. The van der Waals surface area contributed by atoms with Crippen molar-refractivity contribution in [3.8, 4) is 17.0 Å². The van der Waals surface area contributed by atoms with Crippen LogP contribution >= 0.6 is 23.2 Å². The molecule has 0 aliphatic heterocycles. The summed E-state index contributed by atoms with van der Waals surface area (Å²) in [6.07, 6.45) is 0. The van der Waals surface area contributed by atoms with Crippen molar-refractivity contribution in [2.45, 2.75) is 0 Å². The highest BCUT2D eigenvalue weighted by Crippen LogP contribution is 2.35. The van der Waals surface area contributed by atoms with E-state index in [1.54, 1.807) is 12.1 Å². The summed E-state index contributed by atoms with van der Waals surface area (Å²) in [5.74, 6) is -0.833. The van der Waals surface area contributed by atoms with E-state index in [9.17, 15) is 14.7 Å². The molecule has 0 atom stereocenters. The Labute approximate surface area is 152 Å². The van der Waals surface area contributed by atoms with Gasteiger partial charge in [0.15, 0.2) is 5.75 Å². The van der Waals surface area contributed by atoms with Crippen LogP contribution in [-0.2, 0) is 0 Å². The quantitative estimate of drug-likeness (QED) is 0.514. The molecule has 2 aromatic carbocycles. The molecule has 5 N–H and O–H groups in total. The number of amides is 1. The van der Waals surface area contributed by atoms with Crippen molar-refractivity contribution in [3.05, 3.63) is 56.2 Å². The van der Waals surface area contributed by atoms with Gasteiger partial charge in [-0.25, -0.2) is 0 Å². The minimum atomic E-state index is -0.612. The van der Waals surface area contributed by atoms with Crippen molar-refractivity contribution in [2.75, 3.05) is 12.8 Å². The first-order valence-corrected chi connectivity index (χ1v) is 7.95. The zero-order valence-corrected chi connectivity index (χ0v) is 14.5. The monoisotopic (exact) mass is 377 g/mol. The van der Waals surface area contributed by atoms with E-state index in [1.807, 2.05) is 0 Å². The van der Waals surface area contributed by atoms with Gasteiger partial charge in [0, 0.05) is 18.2 Å². The third kappa shape index (κ3) is 2.90. The Morgan fingerprint density at radius 1 is 1.20 bits per heavy atom. The summed E-state index contributed by atoms with van der Waals surface area (Å²) in [6, 6.07) is 7.57. The van der Waals surface area contributed by atoms with Gasteiger partial charge in [0.2, 0.25) is 5.43 Å². The smallest absolute Gasteiger partial charge is 0.251 e. The van der Waals surface area contributed by atoms with E-state index in [1.165, 1.54) is 25.2 Å². The number of H-pyrrole nitrogens is 1. The lowest BCUT2D eigenvalue weighted by molar-refractivity contribution is 0.0963. The highest BCUT2D eigenvalue weighted by atomic mass is 35.5. The van der Waals surface area contributed by atoms with Crippen molar-refractivity contribution in [2.24, 2.45) is 0 Å². The lowest BCUT2D eigenvalue weighted by atomic mass is 10.1. The summed E-state index contributed by atoms with van der Waals surface area (Å²) in [5, 5.41) is 13.4. The third-order valence-corrected chi connectivity index (χ3v) is 4.46. The number of benzene rings is 2. The molecule has 3 aromatic rings. The topological polar surface area (TPSA) is 108 Å². The van der Waals surface area contributed by atoms with Gasteiger partial charge in [-0.3, -0.25) is 9.59 Å². The molecule has 1 heterocycles. The second kappa shape index (κ2) is 6.31. The zero-order valence-electron chi connectivity index (χ0n) is 13.0. The maximum atomic E-state index is 12.5. The molecule has 3 rings (SSSR count). The van der Waals surface area contributed by atoms with Crippen molar-refractivity contribution in [1.29, 1.82) is 0 Å². The standard InChI is InChI=1S/C17H13Cl2N3O3/c1-21-17(25)7-2-3-12-9(4-7)15(23)16(24)14(22-12)8-5-10(18)13(20)11(19)6-8/h2-6,24H,20H2,1H3,(H,21,25)(H,22,23). The number of halogens is 2. The molecule has 0 saturated heterocycles. The molecule has 0 spiro atoms. The van der Waals surface area contributed by atoms with Crippen LogP contribution in [0, 0.1) is 0 Å². The van der Waals surface area contributed by atoms with Gasteiger partial charge >= 0.3 is 0 Å². The van der Waals surface area contributed by atoms with Crippen molar-refractivity contribution >= 4 is 45.7 Å². The fourth-order valence-electron chi connectivity index (χ4n) is 2.50. The van der Waals surface area contributed by atoms with Crippen LogP contribution in [0.2, 0.25) is 10.0 Å². The van der Waals surface area contributed by atoms with E-state index in [0.29, 0.717) is 16.6 Å².